The second kappa shape index (κ2) is 4.96. The van der Waals surface area contributed by atoms with Crippen molar-refractivity contribution in [2.75, 3.05) is 0 Å². The smallest absolute Gasteiger partial charge is 0.328 e. The number of carboxylic acids is 2. The predicted molar refractivity (Wildman–Crippen MR) is 44.1 cm³/mol. The van der Waals surface area contributed by atoms with Crippen molar-refractivity contribution in [3.05, 3.63) is 0 Å². The molecule has 0 unspecified atom stereocenters. The van der Waals surface area contributed by atoms with Gasteiger partial charge in [0.15, 0.2) is 13.4 Å². The molecule has 0 aromatic heterocycles. The molecule has 0 amide bonds. The Bertz CT molecular complexity index is 255. The quantitative estimate of drug-likeness (QED) is 0.310. The summed E-state index contributed by atoms with van der Waals surface area (Å²) >= 11 is 0. The second-order valence-electron chi connectivity index (χ2n) is 2.30. The van der Waals surface area contributed by atoms with Crippen LogP contribution in [0.5, 0.6) is 0 Å². The maximum absolute atomic E-state index is 10.5. The molecule has 0 aromatic rings. The zero-order chi connectivity index (χ0) is 11.1. The molecule has 74 valence electrons. The van der Waals surface area contributed by atoms with Crippen LogP contribution in [0.2, 0.25) is 1.41 Å². The minimum atomic E-state index is -1.27. The van der Waals surface area contributed by atoms with E-state index in [4.69, 9.17) is 17.4 Å². The van der Waals surface area contributed by atoms with E-state index in [-0.39, 0.29) is 18.8 Å². The maximum Gasteiger partial charge on any atom is 0.328 e. The minimum absolute atomic E-state index is 0.160. The van der Waals surface area contributed by atoms with E-state index >= 15 is 0 Å². The van der Waals surface area contributed by atoms with Crippen LogP contribution in [-0.4, -0.2) is 34.2 Å². The number of guanidine groups is 1. The van der Waals surface area contributed by atoms with Gasteiger partial charge in [0.25, 0.3) is 0 Å². The van der Waals surface area contributed by atoms with E-state index in [1.807, 2.05) is 0 Å². The summed E-state index contributed by atoms with van der Waals surface area (Å²) in [5.41, 5.74) is 6.76. The largest absolute Gasteiger partial charge is 0.481 e. The Morgan fingerprint density at radius 2 is 2.15 bits per heavy atom. The Morgan fingerprint density at radius 1 is 1.54 bits per heavy atom. The lowest BCUT2D eigenvalue weighted by Gasteiger charge is -2.04. The predicted octanol–water partition coefficient (Wildman–Crippen LogP) is -1.42. The molecule has 0 aliphatic carbocycles. The molecule has 6 N–H and O–H groups in total. The highest BCUT2D eigenvalue weighted by Crippen LogP contribution is 2.02. The molecule has 0 aliphatic rings. The summed E-state index contributed by atoms with van der Waals surface area (Å²) in [4.78, 5) is 24.1. The SMILES string of the molecule is [2H]NC(N)=N[C@@H](CCC(=O)O)C(=O)O. The van der Waals surface area contributed by atoms with Gasteiger partial charge in [-0.05, 0) is 6.42 Å². The van der Waals surface area contributed by atoms with E-state index in [2.05, 4.69) is 4.99 Å². The van der Waals surface area contributed by atoms with Crippen LogP contribution < -0.4 is 11.5 Å². The van der Waals surface area contributed by atoms with Crippen molar-refractivity contribution in [2.45, 2.75) is 18.9 Å². The molecule has 0 radical (unpaired) electrons. The lowest BCUT2D eigenvalue weighted by atomic mass is 10.2. The number of carboxylic acid groups (broad SMARTS) is 2. The number of carbonyl (C=O) groups is 2. The number of aliphatic imine (C=N–C) groups is 1. The summed E-state index contributed by atoms with van der Waals surface area (Å²) in [5.74, 6) is -2.74. The van der Waals surface area contributed by atoms with Gasteiger partial charge in [0.2, 0.25) is 0 Å². The van der Waals surface area contributed by atoms with Gasteiger partial charge in [0.05, 0.1) is 0 Å². The van der Waals surface area contributed by atoms with Gasteiger partial charge < -0.3 is 21.7 Å². The molecule has 0 aliphatic heterocycles. The van der Waals surface area contributed by atoms with Gasteiger partial charge in [-0.25, -0.2) is 9.79 Å². The van der Waals surface area contributed by atoms with Crippen LogP contribution in [0.3, 0.4) is 0 Å². The van der Waals surface area contributed by atoms with Crippen LogP contribution in [0.15, 0.2) is 4.99 Å². The van der Waals surface area contributed by atoms with Crippen molar-refractivity contribution < 1.29 is 21.2 Å². The number of hydrogen-bond acceptors (Lipinski definition) is 3. The Labute approximate surface area is 75.5 Å². The van der Waals surface area contributed by atoms with Crippen molar-refractivity contribution >= 4 is 17.9 Å². The number of aliphatic carboxylic acids is 2. The molecule has 0 saturated heterocycles. The zero-order valence-corrected chi connectivity index (χ0v) is 6.73. The fraction of sp³-hybridized carbons (Fsp3) is 0.500. The maximum atomic E-state index is 10.5. The van der Waals surface area contributed by atoms with Crippen LogP contribution in [0, 0.1) is 0 Å². The standard InChI is InChI=1S/C6H11N3O4/c7-6(8)9-3(5(12)13)1-2-4(10)11/h3H,1-2H2,(H,10,11)(H,12,13)(H4,7,8,9)/t3-/m0/s1/i/hD. The van der Waals surface area contributed by atoms with E-state index < -0.39 is 18.0 Å². The molecule has 0 fully saturated rings. The number of nitrogens with zero attached hydrogens (tertiary/aromatic N) is 1. The third-order valence-electron chi connectivity index (χ3n) is 1.21. The third-order valence-corrected chi connectivity index (χ3v) is 1.21. The van der Waals surface area contributed by atoms with Gasteiger partial charge in [0, 0.05) is 6.42 Å². The number of rotatable bonds is 5. The molecule has 0 spiro atoms. The summed E-state index contributed by atoms with van der Waals surface area (Å²) in [5, 5.41) is 16.9. The topological polar surface area (TPSA) is 139 Å². The summed E-state index contributed by atoms with van der Waals surface area (Å²) in [7, 11) is 0. The molecule has 0 heterocycles. The fourth-order valence-electron chi connectivity index (χ4n) is 0.671. The minimum Gasteiger partial charge on any atom is -0.481 e. The average molecular weight is 190 g/mol. The molecule has 7 nitrogen and oxygen atoms in total. The van der Waals surface area contributed by atoms with Gasteiger partial charge in [-0.1, -0.05) is 0 Å². The summed E-state index contributed by atoms with van der Waals surface area (Å²) in [6, 6.07) is -1.23. The first-order valence-electron chi connectivity index (χ1n) is 3.93. The fourth-order valence-corrected chi connectivity index (χ4v) is 0.671. The van der Waals surface area contributed by atoms with E-state index in [9.17, 15) is 9.59 Å². The summed E-state index contributed by atoms with van der Waals surface area (Å²) in [6.45, 7) is 0. The first-order chi connectivity index (χ1) is 6.47. The molecular formula is C6H11N3O4. The van der Waals surface area contributed by atoms with E-state index in [1.54, 1.807) is 5.73 Å². The van der Waals surface area contributed by atoms with Crippen molar-refractivity contribution in [2.24, 2.45) is 16.5 Å². The number of hydrogen-bond donors (Lipinski definition) is 4. The zero-order valence-electron chi connectivity index (χ0n) is 7.73. The van der Waals surface area contributed by atoms with E-state index in [0.717, 1.165) is 0 Å². The molecule has 0 aromatic carbocycles. The highest BCUT2D eigenvalue weighted by Gasteiger charge is 2.17. The van der Waals surface area contributed by atoms with Crippen LogP contribution >= 0.6 is 0 Å². The van der Waals surface area contributed by atoms with Crippen LogP contribution in [0.25, 0.3) is 0 Å². The monoisotopic (exact) mass is 190 g/mol. The Balaban J connectivity index is 4.30. The second-order valence-corrected chi connectivity index (χ2v) is 2.30. The Kier molecular flexibility index (Phi) is 3.55. The lowest BCUT2D eigenvalue weighted by Crippen LogP contribution is -2.29. The van der Waals surface area contributed by atoms with Crippen LogP contribution in [-0.2, 0) is 9.59 Å². The van der Waals surface area contributed by atoms with Crippen molar-refractivity contribution in [1.82, 2.24) is 0 Å². The first kappa shape index (κ1) is 9.30. The molecule has 0 rings (SSSR count). The van der Waals surface area contributed by atoms with Crippen molar-refractivity contribution in [3.63, 3.8) is 0 Å². The highest BCUT2D eigenvalue weighted by molar-refractivity contribution is 5.82. The summed E-state index contributed by atoms with van der Waals surface area (Å²) < 4.78 is 6.54. The Morgan fingerprint density at radius 3 is 2.54 bits per heavy atom. The van der Waals surface area contributed by atoms with Crippen LogP contribution in [0.1, 0.15) is 12.8 Å². The van der Waals surface area contributed by atoms with Gasteiger partial charge in [-0.3, -0.25) is 4.79 Å². The third kappa shape index (κ3) is 5.48. The molecule has 7 heteroatoms. The van der Waals surface area contributed by atoms with Gasteiger partial charge in [-0.2, -0.15) is 0 Å². The first-order valence-corrected chi connectivity index (χ1v) is 3.43. The molecule has 0 saturated carbocycles. The van der Waals surface area contributed by atoms with Gasteiger partial charge in [-0.15, -0.1) is 0 Å². The van der Waals surface area contributed by atoms with Crippen molar-refractivity contribution in [1.29, 1.82) is 0 Å². The average Bonchev–Trinajstić information content (AvgIpc) is 2.10. The van der Waals surface area contributed by atoms with E-state index in [1.165, 1.54) is 0 Å². The lowest BCUT2D eigenvalue weighted by molar-refractivity contribution is -0.139. The number of nitrogens with two attached hydrogens (primary N) is 2. The van der Waals surface area contributed by atoms with Gasteiger partial charge in [0.1, 0.15) is 0 Å². The molecule has 1 atom stereocenters. The van der Waals surface area contributed by atoms with Gasteiger partial charge >= 0.3 is 11.9 Å². The van der Waals surface area contributed by atoms with Crippen LogP contribution in [0.4, 0.5) is 0 Å². The molecule has 13 heavy (non-hydrogen) atoms. The molecular weight excluding hydrogens is 178 g/mol. The highest BCUT2D eigenvalue weighted by atomic mass is 16.4. The summed E-state index contributed by atoms with van der Waals surface area (Å²) in [6.07, 6.45) is -0.473. The van der Waals surface area contributed by atoms with Crippen molar-refractivity contribution in [3.8, 4) is 0 Å². The normalized spacial score (nSPS) is 14.5. The molecule has 0 bridgehead atoms. The Hall–Kier alpha value is -1.79. The van der Waals surface area contributed by atoms with E-state index in [0.29, 0.717) is 0 Å².